The fraction of sp³-hybridized carbons (Fsp3) is 0.214. The average Bonchev–Trinajstić information content (AvgIpc) is 2.84. The highest BCUT2D eigenvalue weighted by molar-refractivity contribution is 7.13. The van der Waals surface area contributed by atoms with Crippen molar-refractivity contribution in [3.63, 3.8) is 0 Å². The van der Waals surface area contributed by atoms with E-state index < -0.39 is 12.1 Å². The lowest BCUT2D eigenvalue weighted by molar-refractivity contribution is -0.144. The number of hydrogen-bond acceptors (Lipinski definition) is 5. The molecule has 0 amide bonds. The van der Waals surface area contributed by atoms with E-state index in [1.807, 2.05) is 13.0 Å². The lowest BCUT2D eigenvalue weighted by atomic mass is 10.1. The maximum absolute atomic E-state index is 10.9. The Morgan fingerprint density at radius 1 is 1.55 bits per heavy atom. The fourth-order valence-electron chi connectivity index (χ4n) is 1.67. The number of ether oxygens (including phenoxy) is 1. The zero-order valence-electron chi connectivity index (χ0n) is 11.0. The van der Waals surface area contributed by atoms with Crippen molar-refractivity contribution < 1.29 is 14.6 Å². The molecule has 0 aliphatic heterocycles. The van der Waals surface area contributed by atoms with Gasteiger partial charge in [-0.1, -0.05) is 6.07 Å². The summed E-state index contributed by atoms with van der Waals surface area (Å²) in [5.41, 5.74) is 3.79. The van der Waals surface area contributed by atoms with E-state index >= 15 is 0 Å². The lowest BCUT2D eigenvalue weighted by Gasteiger charge is -2.12. The number of aryl methyl sites for hydroxylation is 1. The van der Waals surface area contributed by atoms with Gasteiger partial charge in [0.2, 0.25) is 0 Å². The van der Waals surface area contributed by atoms with Crippen LogP contribution in [0.15, 0.2) is 23.7 Å². The van der Waals surface area contributed by atoms with Crippen LogP contribution in [-0.4, -0.2) is 22.2 Å². The van der Waals surface area contributed by atoms with Crippen LogP contribution in [0.4, 0.5) is 0 Å². The van der Waals surface area contributed by atoms with Gasteiger partial charge in [0.05, 0.1) is 21.6 Å². The van der Waals surface area contributed by atoms with Crippen LogP contribution in [0.2, 0.25) is 0 Å². The van der Waals surface area contributed by atoms with Crippen LogP contribution in [0.5, 0.6) is 5.75 Å². The number of benzene rings is 1. The predicted molar refractivity (Wildman–Crippen MR) is 74.7 cm³/mol. The molecule has 1 heterocycles. The maximum Gasteiger partial charge on any atom is 0.344 e. The van der Waals surface area contributed by atoms with Crippen LogP contribution >= 0.6 is 11.3 Å². The van der Waals surface area contributed by atoms with E-state index in [1.54, 1.807) is 23.7 Å². The third-order valence-corrected chi connectivity index (χ3v) is 3.74. The third kappa shape index (κ3) is 2.78. The monoisotopic (exact) mass is 288 g/mol. The third-order valence-electron chi connectivity index (χ3n) is 2.76. The number of nitrogens with zero attached hydrogens (tertiary/aromatic N) is 2. The average molecular weight is 288 g/mol. The Balaban J connectivity index is 2.42. The number of aromatic nitrogens is 1. The number of carboxylic acid groups (broad SMARTS) is 1. The van der Waals surface area contributed by atoms with Crippen molar-refractivity contribution in [1.82, 2.24) is 4.98 Å². The van der Waals surface area contributed by atoms with Gasteiger partial charge in [0.25, 0.3) is 0 Å². The minimum absolute atomic E-state index is 0.271. The zero-order valence-corrected chi connectivity index (χ0v) is 11.8. The summed E-state index contributed by atoms with van der Waals surface area (Å²) in [6, 6.07) is 7.10. The van der Waals surface area contributed by atoms with Crippen LogP contribution in [-0.2, 0) is 4.79 Å². The fourth-order valence-corrected chi connectivity index (χ4v) is 2.48. The molecule has 0 radical (unpaired) electrons. The highest BCUT2D eigenvalue weighted by Crippen LogP contribution is 2.32. The number of nitriles is 1. The summed E-state index contributed by atoms with van der Waals surface area (Å²) in [5, 5.41) is 17.9. The van der Waals surface area contributed by atoms with Crippen LogP contribution < -0.4 is 4.74 Å². The molecule has 0 aliphatic carbocycles. The van der Waals surface area contributed by atoms with E-state index in [0.717, 1.165) is 16.1 Å². The van der Waals surface area contributed by atoms with Gasteiger partial charge >= 0.3 is 5.97 Å². The first-order chi connectivity index (χ1) is 9.52. The lowest BCUT2D eigenvalue weighted by Crippen LogP contribution is -2.23. The second kappa shape index (κ2) is 5.72. The molecule has 0 spiro atoms. The van der Waals surface area contributed by atoms with E-state index in [2.05, 4.69) is 4.98 Å². The summed E-state index contributed by atoms with van der Waals surface area (Å²) in [7, 11) is 0. The Morgan fingerprint density at radius 2 is 2.30 bits per heavy atom. The minimum atomic E-state index is -1.08. The molecule has 5 nitrogen and oxygen atoms in total. The Bertz CT molecular complexity index is 688. The molecule has 0 aliphatic rings. The first-order valence-electron chi connectivity index (χ1n) is 5.87. The van der Waals surface area contributed by atoms with E-state index in [1.165, 1.54) is 18.3 Å². The van der Waals surface area contributed by atoms with Crippen molar-refractivity contribution in [2.24, 2.45) is 0 Å². The van der Waals surface area contributed by atoms with Crippen LogP contribution in [0.3, 0.4) is 0 Å². The van der Waals surface area contributed by atoms with Gasteiger partial charge in [-0.25, -0.2) is 9.78 Å². The van der Waals surface area contributed by atoms with Gasteiger partial charge in [0, 0.05) is 0 Å². The maximum atomic E-state index is 10.9. The summed E-state index contributed by atoms with van der Waals surface area (Å²) in [6.45, 7) is 3.32. The van der Waals surface area contributed by atoms with Gasteiger partial charge in [0.15, 0.2) is 6.10 Å². The van der Waals surface area contributed by atoms with Gasteiger partial charge in [-0.2, -0.15) is 5.26 Å². The number of carbonyl (C=O) groups is 1. The van der Waals surface area contributed by atoms with Crippen molar-refractivity contribution in [3.05, 3.63) is 35.0 Å². The summed E-state index contributed by atoms with van der Waals surface area (Å²) in [4.78, 5) is 16.0. The minimum Gasteiger partial charge on any atom is -0.479 e. The molecule has 20 heavy (non-hydrogen) atoms. The molecule has 0 bridgehead atoms. The molecule has 1 N–H and O–H groups in total. The second-order valence-corrected chi connectivity index (χ2v) is 5.04. The zero-order chi connectivity index (χ0) is 14.7. The largest absolute Gasteiger partial charge is 0.479 e. The van der Waals surface area contributed by atoms with Crippen LogP contribution in [0.25, 0.3) is 10.4 Å². The summed E-state index contributed by atoms with van der Waals surface area (Å²) in [6.07, 6.45) is -1.01. The Morgan fingerprint density at radius 3 is 2.85 bits per heavy atom. The SMILES string of the molecule is Cc1ncsc1-c1ccc(C#N)c(OC(C)C(=O)O)c1. The molecular weight excluding hydrogens is 276 g/mol. The van der Waals surface area contributed by atoms with Crippen molar-refractivity contribution in [1.29, 1.82) is 5.26 Å². The molecular formula is C14H12N2O3S. The van der Waals surface area contributed by atoms with E-state index in [4.69, 9.17) is 15.1 Å². The van der Waals surface area contributed by atoms with Gasteiger partial charge in [-0.05, 0) is 31.5 Å². The van der Waals surface area contributed by atoms with E-state index in [0.29, 0.717) is 5.56 Å². The summed E-state index contributed by atoms with van der Waals surface area (Å²) in [5.74, 6) is -0.805. The number of carboxylic acids is 1. The van der Waals surface area contributed by atoms with E-state index in [-0.39, 0.29) is 5.75 Å². The smallest absolute Gasteiger partial charge is 0.344 e. The molecule has 1 unspecified atom stereocenters. The molecule has 6 heteroatoms. The molecule has 0 saturated carbocycles. The van der Waals surface area contributed by atoms with Crippen molar-refractivity contribution in [2.75, 3.05) is 0 Å². The molecule has 0 saturated heterocycles. The number of aliphatic carboxylic acids is 1. The van der Waals surface area contributed by atoms with E-state index in [9.17, 15) is 4.79 Å². The van der Waals surface area contributed by atoms with Crippen LogP contribution in [0.1, 0.15) is 18.2 Å². The van der Waals surface area contributed by atoms with Gasteiger partial charge in [-0.3, -0.25) is 0 Å². The number of hydrogen-bond donors (Lipinski definition) is 1. The quantitative estimate of drug-likeness (QED) is 0.935. The van der Waals surface area contributed by atoms with Gasteiger partial charge in [0.1, 0.15) is 11.8 Å². The second-order valence-electron chi connectivity index (χ2n) is 4.19. The molecule has 1 atom stereocenters. The first-order valence-corrected chi connectivity index (χ1v) is 6.75. The Labute approximate surface area is 120 Å². The summed E-state index contributed by atoms with van der Waals surface area (Å²) >= 11 is 1.48. The highest BCUT2D eigenvalue weighted by Gasteiger charge is 2.16. The first kappa shape index (κ1) is 14.0. The summed E-state index contributed by atoms with van der Waals surface area (Å²) < 4.78 is 5.34. The molecule has 1 aromatic carbocycles. The highest BCUT2D eigenvalue weighted by atomic mass is 32.1. The predicted octanol–water partition coefficient (Wildman–Crippen LogP) is 2.84. The normalized spacial score (nSPS) is 11.7. The van der Waals surface area contributed by atoms with Crippen molar-refractivity contribution >= 4 is 17.3 Å². The number of thiazole rings is 1. The van der Waals surface area contributed by atoms with Gasteiger partial charge in [-0.15, -0.1) is 11.3 Å². The van der Waals surface area contributed by atoms with Crippen LogP contribution in [0, 0.1) is 18.3 Å². The molecule has 2 aromatic rings. The standard InChI is InChI=1S/C14H12N2O3S/c1-8-13(20-7-16-8)10-3-4-11(6-15)12(5-10)19-9(2)14(17)18/h3-5,7,9H,1-2H3,(H,17,18). The van der Waals surface area contributed by atoms with Crippen molar-refractivity contribution in [2.45, 2.75) is 20.0 Å². The molecule has 102 valence electrons. The van der Waals surface area contributed by atoms with Gasteiger partial charge < -0.3 is 9.84 Å². The molecule has 2 rings (SSSR count). The Kier molecular flexibility index (Phi) is 4.01. The topological polar surface area (TPSA) is 83.2 Å². The molecule has 1 aromatic heterocycles. The van der Waals surface area contributed by atoms with Crippen molar-refractivity contribution in [3.8, 4) is 22.3 Å². The number of rotatable bonds is 4. The Hall–Kier alpha value is -2.39. The molecule has 0 fully saturated rings.